The van der Waals surface area contributed by atoms with E-state index in [0.29, 0.717) is 92.2 Å². The smallest absolute Gasteiger partial charge is 0.312 e. The summed E-state index contributed by atoms with van der Waals surface area (Å²) in [4.78, 5) is 138. The largest absolute Gasteiger partial charge is 0.461 e. The highest BCUT2D eigenvalue weighted by Gasteiger charge is 2.30. The molecule has 7 rings (SSSR count). The van der Waals surface area contributed by atoms with Gasteiger partial charge in [0.25, 0.3) is 17.7 Å². The number of carbonyl (C=O) groups excluding carboxylic acids is 10. The number of amides is 8. The van der Waals surface area contributed by atoms with E-state index in [1.165, 1.54) is 35.1 Å². The Morgan fingerprint density at radius 2 is 1.48 bits per heavy atom. The fraction of sp³-hybridized carbons (Fsp3) is 0.457. The maximum absolute atomic E-state index is 13.5. The molecule has 8 N–H and O–H groups in total. The van der Waals surface area contributed by atoms with E-state index in [-0.39, 0.29) is 105 Å². The number of anilines is 1. The minimum Gasteiger partial charge on any atom is -0.461 e. The lowest BCUT2D eigenvalue weighted by atomic mass is 9.88. The average Bonchev–Trinajstić information content (AvgIpc) is 1.32. The third-order valence-electron chi connectivity index (χ3n) is 15.9. The summed E-state index contributed by atoms with van der Waals surface area (Å²) in [6.45, 7) is 16.3. The zero-order valence-corrected chi connectivity index (χ0v) is 54.1. The number of Topliss-reactive ketones (excluding diaryl/α,β-unsaturated/α-hetero) is 2. The van der Waals surface area contributed by atoms with Gasteiger partial charge in [-0.15, -0.1) is 0 Å². The normalized spacial score (nSPS) is 14.1. The molecule has 1 aromatic heterocycles. The fourth-order valence-corrected chi connectivity index (χ4v) is 10.9. The van der Waals surface area contributed by atoms with E-state index in [9.17, 15) is 47.9 Å². The number of unbranched alkanes of at least 4 members (excludes halogenated alkanes) is 2. The number of nitrogens with one attached hydrogen (secondary N) is 4. The summed E-state index contributed by atoms with van der Waals surface area (Å²) in [5.41, 5.74) is 20.7. The molecule has 3 aliphatic heterocycles. The molecule has 0 fully saturated rings. The number of aromatic nitrogens is 1. The Labute approximate surface area is 539 Å². The van der Waals surface area contributed by atoms with Crippen LogP contribution in [0, 0.1) is 18.8 Å². The van der Waals surface area contributed by atoms with E-state index in [0.717, 1.165) is 61.3 Å². The van der Waals surface area contributed by atoms with Gasteiger partial charge in [-0.25, -0.2) is 9.79 Å². The first-order valence-electron chi connectivity index (χ1n) is 32.0. The highest BCUT2D eigenvalue weighted by molar-refractivity contribution is 6.13. The number of ether oxygens (including phenoxy) is 1. The number of fused-ring (bicyclic) bond motifs is 2. The third kappa shape index (κ3) is 23.6. The second-order valence-electron chi connectivity index (χ2n) is 24.0. The second kappa shape index (κ2) is 36.6. The summed E-state index contributed by atoms with van der Waals surface area (Å²) in [5.74, 6) is -2.67. The number of esters is 1. The van der Waals surface area contributed by atoms with Gasteiger partial charge in [0.2, 0.25) is 17.7 Å². The van der Waals surface area contributed by atoms with Crippen LogP contribution < -0.4 is 32.7 Å². The van der Waals surface area contributed by atoms with Crippen LogP contribution in [0.4, 0.5) is 16.2 Å². The standard InChI is InChI=1S/C36H51N5O9.C34H40N6O2/c1-24(2)29(22-28(43)9-5-4-6-20-41-32(45)16-17-33(41)46)35(48)40-30(10-7-19-39-36(37)49)31(44)21-26-12-14-27(15-13-26)23-50-34(47)11-8-18-38-25(3)42;1-4-13-40(14-5-2)34(42)27-16-25-10-11-26(18-31(25)38-32(35)19-27)33(41)37-29-17-28-22-39(15-12-30(28)36-20-29)21-24-8-6-23(3)7-9-24/h12-17,24,29-30H,4-11,18-23H2,1-3H3,(H,38,42)(H,40,48)(H3,37,39,49);6-11,16-18,20H,4-5,12-15,19,21-22H2,1-3H3,(H2,35,38)(H,37,41)/t29-,30-;/m0./s1. The van der Waals surface area contributed by atoms with E-state index in [4.69, 9.17) is 16.2 Å². The number of ketones is 2. The molecule has 0 aliphatic carbocycles. The summed E-state index contributed by atoms with van der Waals surface area (Å²) in [6, 6.07) is 21.4. The van der Waals surface area contributed by atoms with Crippen molar-refractivity contribution in [1.82, 2.24) is 35.6 Å². The monoisotopic (exact) mass is 1260 g/mol. The van der Waals surface area contributed by atoms with Gasteiger partial charge < -0.3 is 42.4 Å². The number of carbonyl (C=O) groups is 10. The van der Waals surface area contributed by atoms with E-state index >= 15 is 0 Å². The zero-order chi connectivity index (χ0) is 66.7. The first kappa shape index (κ1) is 71.9. The Morgan fingerprint density at radius 1 is 0.793 bits per heavy atom. The van der Waals surface area contributed by atoms with Crippen LogP contribution in [-0.4, -0.2) is 130 Å². The molecule has 92 heavy (non-hydrogen) atoms. The van der Waals surface area contributed by atoms with Gasteiger partial charge in [0.15, 0.2) is 5.78 Å². The first-order valence-corrected chi connectivity index (χ1v) is 32.0. The van der Waals surface area contributed by atoms with Crippen molar-refractivity contribution in [3.05, 3.63) is 141 Å². The number of amidine groups is 1. The molecule has 492 valence electrons. The number of benzene rings is 3. The van der Waals surface area contributed by atoms with Gasteiger partial charge in [0.1, 0.15) is 18.2 Å². The highest BCUT2D eigenvalue weighted by Crippen LogP contribution is 2.30. The molecule has 0 saturated heterocycles. The van der Waals surface area contributed by atoms with Crippen molar-refractivity contribution in [2.75, 3.05) is 44.6 Å². The van der Waals surface area contributed by atoms with Gasteiger partial charge in [0, 0.05) is 138 Å². The molecule has 2 atom stereocenters. The lowest BCUT2D eigenvalue weighted by Crippen LogP contribution is -2.46. The lowest BCUT2D eigenvalue weighted by molar-refractivity contribution is -0.145. The number of nitrogens with zero attached hydrogens (tertiary/aromatic N) is 5. The molecule has 0 spiro atoms. The fourth-order valence-electron chi connectivity index (χ4n) is 10.9. The zero-order valence-electron chi connectivity index (χ0n) is 54.1. The van der Waals surface area contributed by atoms with Gasteiger partial charge in [-0.3, -0.25) is 57.9 Å². The van der Waals surface area contributed by atoms with E-state index < -0.39 is 23.9 Å². The maximum atomic E-state index is 13.5. The molecule has 4 aromatic rings. The quantitative estimate of drug-likeness (QED) is 0.0149. The second-order valence-corrected chi connectivity index (χ2v) is 24.0. The van der Waals surface area contributed by atoms with E-state index in [1.807, 2.05) is 37.0 Å². The number of rotatable bonds is 33. The minimum absolute atomic E-state index is 0.0103. The number of hydrogen-bond acceptors (Lipinski definition) is 15. The Bertz CT molecular complexity index is 3330. The van der Waals surface area contributed by atoms with Gasteiger partial charge >= 0.3 is 12.0 Å². The molecule has 22 nitrogen and oxygen atoms in total. The van der Waals surface area contributed by atoms with Crippen LogP contribution in [0.15, 0.2) is 102 Å². The molecule has 0 unspecified atom stereocenters. The summed E-state index contributed by atoms with van der Waals surface area (Å²) in [6.07, 6.45) is 12.3. The molecule has 4 heterocycles. The summed E-state index contributed by atoms with van der Waals surface area (Å²) >= 11 is 0. The van der Waals surface area contributed by atoms with Crippen LogP contribution >= 0.6 is 0 Å². The van der Waals surface area contributed by atoms with Crippen molar-refractivity contribution in [3.63, 3.8) is 0 Å². The van der Waals surface area contributed by atoms with Gasteiger partial charge in [-0.1, -0.05) is 94.3 Å². The Morgan fingerprint density at radius 3 is 2.15 bits per heavy atom. The molecule has 8 amide bonds. The third-order valence-corrected chi connectivity index (χ3v) is 15.9. The molecular weight excluding hydrogens is 1170 g/mol. The van der Waals surface area contributed by atoms with Crippen LogP contribution in [0.1, 0.15) is 161 Å². The number of pyridine rings is 1. The molecule has 0 radical (unpaired) electrons. The number of nitrogens with two attached hydrogens (primary N) is 2. The lowest BCUT2D eigenvalue weighted by Gasteiger charge is -2.28. The van der Waals surface area contributed by atoms with Crippen molar-refractivity contribution in [3.8, 4) is 0 Å². The van der Waals surface area contributed by atoms with Crippen LogP contribution in [-0.2, 0) is 75.6 Å². The summed E-state index contributed by atoms with van der Waals surface area (Å²) < 4.78 is 5.28. The van der Waals surface area contributed by atoms with Crippen molar-refractivity contribution in [1.29, 1.82) is 0 Å². The van der Waals surface area contributed by atoms with Crippen LogP contribution in [0.25, 0.3) is 6.08 Å². The topological polar surface area (TPSA) is 315 Å². The summed E-state index contributed by atoms with van der Waals surface area (Å²) in [5, 5.41) is 11.0. The molecule has 3 aliphatic rings. The number of imide groups is 1. The van der Waals surface area contributed by atoms with Crippen molar-refractivity contribution < 1.29 is 52.7 Å². The van der Waals surface area contributed by atoms with E-state index in [2.05, 4.69) is 81.2 Å². The number of urea groups is 1. The van der Waals surface area contributed by atoms with Crippen molar-refractivity contribution >= 4 is 82.3 Å². The molecule has 3 aromatic carbocycles. The molecule has 22 heteroatoms. The highest BCUT2D eigenvalue weighted by atomic mass is 16.5. The molecule has 0 bridgehead atoms. The van der Waals surface area contributed by atoms with Crippen molar-refractivity contribution in [2.24, 2.45) is 28.3 Å². The predicted octanol–water partition coefficient (Wildman–Crippen LogP) is 8.03. The number of aryl methyl sites for hydroxylation is 1. The first-order chi connectivity index (χ1) is 44.1. The maximum Gasteiger partial charge on any atom is 0.312 e. The van der Waals surface area contributed by atoms with E-state index in [1.54, 1.807) is 42.6 Å². The summed E-state index contributed by atoms with van der Waals surface area (Å²) in [7, 11) is 0. The number of aliphatic imine (C=N–C) groups is 1. The Balaban J connectivity index is 0.000000296. The number of hydrogen-bond donors (Lipinski definition) is 6. The molecular formula is C70H91N11O11. The van der Waals surface area contributed by atoms with Crippen molar-refractivity contribution in [2.45, 2.75) is 157 Å². The minimum atomic E-state index is -0.864. The Kier molecular flexibility index (Phi) is 28.6. The predicted molar refractivity (Wildman–Crippen MR) is 353 cm³/mol. The Hall–Kier alpha value is -9.18. The van der Waals surface area contributed by atoms with Crippen LogP contribution in [0.3, 0.4) is 0 Å². The number of primary amides is 1. The van der Waals surface area contributed by atoms with Gasteiger partial charge in [-0.2, -0.15) is 0 Å². The average molecular weight is 1260 g/mol. The SMILES string of the molecule is CC(=O)NCCCC(=O)OCc1ccc(CC(=O)[C@H](CCCNC(N)=O)NC(=O)[C@@H](CC(=O)CCCCCN2C(=O)C=CC2=O)C(C)C)cc1.CCCN(CCC)C(=O)C1=Cc2ccc(C(=O)Nc3cnc4c(c3)CN(Cc3ccc(C)cc3)CC4)cc2N=C(N)C1. The molecule has 0 saturated carbocycles. The van der Waals surface area contributed by atoms with Crippen LogP contribution in [0.5, 0.6) is 0 Å². The van der Waals surface area contributed by atoms with Gasteiger partial charge in [-0.05, 0) is 104 Å². The van der Waals surface area contributed by atoms with Crippen LogP contribution in [0.2, 0.25) is 0 Å². The van der Waals surface area contributed by atoms with Gasteiger partial charge in [0.05, 0.1) is 23.6 Å².